The molecule has 2 rings (SSSR count). The quantitative estimate of drug-likeness (QED) is 0.709. The molecule has 2 amide bonds. The predicted molar refractivity (Wildman–Crippen MR) is 105 cm³/mol. The average Bonchev–Trinajstić information content (AvgIpc) is 2.55. The maximum Gasteiger partial charge on any atom is 0.225 e. The van der Waals surface area contributed by atoms with Gasteiger partial charge in [0.15, 0.2) is 0 Å². The second-order valence-electron chi connectivity index (χ2n) is 8.92. The number of ether oxygens (including phenoxy) is 2. The molecule has 156 valence electrons. The lowest BCUT2D eigenvalue weighted by atomic mass is 9.91. The standard InChI is InChI=1S/C21H38N2O4/c1-14(2)9-19(21(25)23-12-17(5)27-18(6)13-23)7-8-20(24)22-10-15(3)26-16(4)11-22/h14-19H,7-13H2,1-6H3. The van der Waals surface area contributed by atoms with Gasteiger partial charge in [0.2, 0.25) is 11.8 Å². The van der Waals surface area contributed by atoms with Gasteiger partial charge in [0.1, 0.15) is 0 Å². The Labute approximate surface area is 164 Å². The maximum atomic E-state index is 13.1. The summed E-state index contributed by atoms with van der Waals surface area (Å²) in [4.78, 5) is 29.7. The van der Waals surface area contributed by atoms with Gasteiger partial charge >= 0.3 is 0 Å². The van der Waals surface area contributed by atoms with Gasteiger partial charge in [-0.05, 0) is 46.5 Å². The highest BCUT2D eigenvalue weighted by Crippen LogP contribution is 2.23. The first-order valence-electron chi connectivity index (χ1n) is 10.5. The van der Waals surface area contributed by atoms with Gasteiger partial charge in [0.05, 0.1) is 24.4 Å². The molecule has 2 aliphatic rings. The number of hydrogen-bond acceptors (Lipinski definition) is 4. The van der Waals surface area contributed by atoms with Crippen molar-refractivity contribution >= 4 is 11.8 Å². The van der Waals surface area contributed by atoms with Crippen LogP contribution in [0.1, 0.15) is 60.8 Å². The molecule has 6 nitrogen and oxygen atoms in total. The van der Waals surface area contributed by atoms with Crippen LogP contribution in [0.5, 0.6) is 0 Å². The van der Waals surface area contributed by atoms with E-state index in [0.717, 1.165) is 6.42 Å². The minimum atomic E-state index is -0.0951. The van der Waals surface area contributed by atoms with Crippen LogP contribution in [0.25, 0.3) is 0 Å². The predicted octanol–water partition coefficient (Wildman–Crippen LogP) is 2.70. The fourth-order valence-corrected chi connectivity index (χ4v) is 4.36. The molecular weight excluding hydrogens is 344 g/mol. The Morgan fingerprint density at radius 2 is 1.30 bits per heavy atom. The lowest BCUT2D eigenvalue weighted by molar-refractivity contribution is -0.149. The lowest BCUT2D eigenvalue weighted by Gasteiger charge is -2.38. The van der Waals surface area contributed by atoms with Crippen molar-refractivity contribution in [2.24, 2.45) is 11.8 Å². The smallest absolute Gasteiger partial charge is 0.225 e. The molecule has 0 aromatic rings. The molecule has 2 aliphatic heterocycles. The van der Waals surface area contributed by atoms with Gasteiger partial charge in [-0.2, -0.15) is 0 Å². The molecule has 0 saturated carbocycles. The highest BCUT2D eigenvalue weighted by atomic mass is 16.5. The Balaban J connectivity index is 1.95. The van der Waals surface area contributed by atoms with Crippen LogP contribution in [0.3, 0.4) is 0 Å². The molecule has 2 heterocycles. The summed E-state index contributed by atoms with van der Waals surface area (Å²) in [5.74, 6) is 0.653. The van der Waals surface area contributed by atoms with Gasteiger partial charge in [0, 0.05) is 38.5 Å². The molecule has 5 atom stereocenters. The summed E-state index contributed by atoms with van der Waals surface area (Å²) in [6.45, 7) is 14.9. The Morgan fingerprint density at radius 3 is 1.74 bits per heavy atom. The van der Waals surface area contributed by atoms with E-state index in [1.54, 1.807) is 0 Å². The molecule has 2 saturated heterocycles. The molecule has 0 aliphatic carbocycles. The highest BCUT2D eigenvalue weighted by molar-refractivity contribution is 5.81. The molecule has 27 heavy (non-hydrogen) atoms. The Morgan fingerprint density at radius 1 is 0.852 bits per heavy atom. The lowest BCUT2D eigenvalue weighted by Crippen LogP contribution is -2.50. The largest absolute Gasteiger partial charge is 0.372 e. The molecule has 5 unspecified atom stereocenters. The van der Waals surface area contributed by atoms with E-state index in [1.165, 1.54) is 0 Å². The van der Waals surface area contributed by atoms with Crippen LogP contribution in [0.4, 0.5) is 0 Å². The van der Waals surface area contributed by atoms with E-state index in [1.807, 2.05) is 37.5 Å². The summed E-state index contributed by atoms with van der Waals surface area (Å²) in [5.41, 5.74) is 0. The van der Waals surface area contributed by atoms with Crippen molar-refractivity contribution in [3.8, 4) is 0 Å². The molecule has 2 fully saturated rings. The third kappa shape index (κ3) is 6.75. The van der Waals surface area contributed by atoms with Crippen molar-refractivity contribution in [3.63, 3.8) is 0 Å². The second-order valence-corrected chi connectivity index (χ2v) is 8.92. The molecule has 6 heteroatoms. The summed E-state index contributed by atoms with van der Waals surface area (Å²) >= 11 is 0. The van der Waals surface area contributed by atoms with E-state index < -0.39 is 0 Å². The summed E-state index contributed by atoms with van der Waals surface area (Å²) in [7, 11) is 0. The van der Waals surface area contributed by atoms with Crippen LogP contribution in [0.2, 0.25) is 0 Å². The van der Waals surface area contributed by atoms with Crippen molar-refractivity contribution in [2.45, 2.75) is 85.2 Å². The number of rotatable bonds is 6. The Kier molecular flexibility index (Phi) is 8.10. The topological polar surface area (TPSA) is 59.1 Å². The molecule has 0 aromatic carbocycles. The van der Waals surface area contributed by atoms with Crippen molar-refractivity contribution in [3.05, 3.63) is 0 Å². The first-order chi connectivity index (χ1) is 12.7. The van der Waals surface area contributed by atoms with E-state index >= 15 is 0 Å². The van der Waals surface area contributed by atoms with Crippen molar-refractivity contribution in [1.29, 1.82) is 0 Å². The SMILES string of the molecule is CC(C)CC(CCC(=O)N1CC(C)OC(C)C1)C(=O)N1CC(C)OC(C)C1. The number of amides is 2. The molecule has 0 aromatic heterocycles. The highest BCUT2D eigenvalue weighted by Gasteiger charge is 2.32. The number of hydrogen-bond donors (Lipinski definition) is 0. The number of carbonyl (C=O) groups is 2. The summed E-state index contributed by atoms with van der Waals surface area (Å²) in [5, 5.41) is 0. The monoisotopic (exact) mass is 382 g/mol. The molecule has 0 N–H and O–H groups in total. The van der Waals surface area contributed by atoms with Gasteiger partial charge in [0.25, 0.3) is 0 Å². The van der Waals surface area contributed by atoms with Crippen LogP contribution >= 0.6 is 0 Å². The second kappa shape index (κ2) is 9.87. The fraction of sp³-hybridized carbons (Fsp3) is 0.905. The zero-order valence-corrected chi connectivity index (χ0v) is 17.9. The number of carbonyl (C=O) groups excluding carboxylic acids is 2. The molecule has 0 bridgehead atoms. The normalized spacial score (nSPS) is 30.5. The van der Waals surface area contributed by atoms with E-state index in [-0.39, 0.29) is 42.1 Å². The van der Waals surface area contributed by atoms with E-state index in [2.05, 4.69) is 13.8 Å². The Hall–Kier alpha value is -1.14. The molecule has 0 spiro atoms. The van der Waals surface area contributed by atoms with Crippen LogP contribution in [-0.2, 0) is 19.1 Å². The van der Waals surface area contributed by atoms with E-state index in [4.69, 9.17) is 9.47 Å². The summed E-state index contributed by atoms with van der Waals surface area (Å²) in [6, 6.07) is 0. The van der Waals surface area contributed by atoms with E-state index in [9.17, 15) is 9.59 Å². The van der Waals surface area contributed by atoms with Crippen LogP contribution in [0, 0.1) is 11.8 Å². The first kappa shape index (κ1) is 22.2. The van der Waals surface area contributed by atoms with Gasteiger partial charge < -0.3 is 19.3 Å². The summed E-state index contributed by atoms with van der Waals surface area (Å²) < 4.78 is 11.5. The van der Waals surface area contributed by atoms with E-state index in [0.29, 0.717) is 44.9 Å². The number of morpholine rings is 2. The van der Waals surface area contributed by atoms with Gasteiger partial charge in [-0.15, -0.1) is 0 Å². The molecule has 0 radical (unpaired) electrons. The third-order valence-corrected chi connectivity index (χ3v) is 5.32. The van der Waals surface area contributed by atoms with Gasteiger partial charge in [-0.3, -0.25) is 9.59 Å². The van der Waals surface area contributed by atoms with Crippen LogP contribution in [0.15, 0.2) is 0 Å². The Bertz CT molecular complexity index is 490. The van der Waals surface area contributed by atoms with Crippen molar-refractivity contribution in [2.75, 3.05) is 26.2 Å². The van der Waals surface area contributed by atoms with Crippen LogP contribution in [-0.4, -0.2) is 72.2 Å². The number of nitrogens with zero attached hydrogens (tertiary/aromatic N) is 2. The zero-order valence-electron chi connectivity index (χ0n) is 17.9. The molecular formula is C21H38N2O4. The average molecular weight is 383 g/mol. The van der Waals surface area contributed by atoms with Crippen LogP contribution < -0.4 is 0 Å². The third-order valence-electron chi connectivity index (χ3n) is 5.32. The fourth-order valence-electron chi connectivity index (χ4n) is 4.36. The maximum absolute atomic E-state index is 13.1. The first-order valence-corrected chi connectivity index (χ1v) is 10.5. The summed E-state index contributed by atoms with van der Waals surface area (Å²) in [6.07, 6.45) is 2.14. The minimum absolute atomic E-state index is 0.0651. The van der Waals surface area contributed by atoms with Gasteiger partial charge in [-0.1, -0.05) is 13.8 Å². The zero-order chi connectivity index (χ0) is 20.1. The van der Waals surface area contributed by atoms with Gasteiger partial charge in [-0.25, -0.2) is 0 Å². The van der Waals surface area contributed by atoms with Crippen molar-refractivity contribution in [1.82, 2.24) is 9.80 Å². The minimum Gasteiger partial charge on any atom is -0.372 e. The van der Waals surface area contributed by atoms with Crippen molar-refractivity contribution < 1.29 is 19.1 Å².